The number of ketones is 1. The van der Waals surface area contributed by atoms with E-state index in [9.17, 15) is 9.59 Å². The molecular weight excluding hydrogens is 404 g/mol. The van der Waals surface area contributed by atoms with Crippen LogP contribution in [0, 0.1) is 6.92 Å². The summed E-state index contributed by atoms with van der Waals surface area (Å²) in [4.78, 5) is 25.6. The van der Waals surface area contributed by atoms with Gasteiger partial charge < -0.3 is 9.88 Å². The number of rotatable bonds is 4. The van der Waals surface area contributed by atoms with E-state index in [0.29, 0.717) is 24.2 Å². The maximum Gasteiger partial charge on any atom is 0.233 e. The van der Waals surface area contributed by atoms with Gasteiger partial charge in [-0.1, -0.05) is 36.4 Å². The van der Waals surface area contributed by atoms with Gasteiger partial charge in [-0.15, -0.1) is 0 Å². The lowest BCUT2D eigenvalue weighted by molar-refractivity contribution is -0.117. The van der Waals surface area contributed by atoms with Crippen LogP contribution in [0.2, 0.25) is 0 Å². The van der Waals surface area contributed by atoms with Gasteiger partial charge in [0.25, 0.3) is 0 Å². The standard InChI is InChI=1S/C22H19BrN2O2/c1-14-7-8-18(17(23)13-14)24-22(27)16-11-12-25-19(16)9-10-20(25)21(26)15-5-3-2-4-6-15/h2-10,13,16H,11-12H2,1H3,(H,24,27)/t16-/m0/s1. The Morgan fingerprint density at radius 3 is 2.59 bits per heavy atom. The normalized spacial score (nSPS) is 15.4. The van der Waals surface area contributed by atoms with Crippen molar-refractivity contribution in [1.82, 2.24) is 4.57 Å². The van der Waals surface area contributed by atoms with Crippen LogP contribution in [0.1, 0.15) is 39.6 Å². The number of nitrogens with one attached hydrogen (secondary N) is 1. The van der Waals surface area contributed by atoms with E-state index < -0.39 is 0 Å². The van der Waals surface area contributed by atoms with E-state index in [1.54, 1.807) is 0 Å². The number of anilines is 1. The third-order valence-electron chi connectivity index (χ3n) is 4.98. The second kappa shape index (κ2) is 7.16. The summed E-state index contributed by atoms with van der Waals surface area (Å²) in [5, 5.41) is 3.01. The molecule has 3 aromatic rings. The van der Waals surface area contributed by atoms with E-state index in [1.807, 2.05) is 72.2 Å². The first-order chi connectivity index (χ1) is 13.0. The molecule has 5 heteroatoms. The van der Waals surface area contributed by atoms with E-state index in [1.165, 1.54) is 0 Å². The molecule has 0 unspecified atom stereocenters. The quantitative estimate of drug-likeness (QED) is 0.606. The van der Waals surface area contributed by atoms with Gasteiger partial charge in [0.15, 0.2) is 0 Å². The maximum absolute atomic E-state index is 12.8. The molecule has 136 valence electrons. The molecule has 1 aliphatic rings. The fourth-order valence-corrected chi connectivity index (χ4v) is 4.18. The van der Waals surface area contributed by atoms with Crippen LogP contribution >= 0.6 is 15.9 Å². The van der Waals surface area contributed by atoms with Crippen molar-refractivity contribution < 1.29 is 9.59 Å². The van der Waals surface area contributed by atoms with Crippen LogP contribution in [0.5, 0.6) is 0 Å². The molecule has 27 heavy (non-hydrogen) atoms. The summed E-state index contributed by atoms with van der Waals surface area (Å²) in [6, 6.07) is 18.8. The average molecular weight is 423 g/mol. The number of hydrogen-bond donors (Lipinski definition) is 1. The Bertz CT molecular complexity index is 1020. The largest absolute Gasteiger partial charge is 0.341 e. The van der Waals surface area contributed by atoms with Crippen molar-refractivity contribution in [2.45, 2.75) is 25.8 Å². The van der Waals surface area contributed by atoms with E-state index in [0.717, 1.165) is 21.4 Å². The fraction of sp³-hybridized carbons (Fsp3) is 0.182. The van der Waals surface area contributed by atoms with E-state index in [2.05, 4.69) is 21.2 Å². The molecule has 0 radical (unpaired) electrons. The van der Waals surface area contributed by atoms with Gasteiger partial charge in [-0.2, -0.15) is 0 Å². The van der Waals surface area contributed by atoms with Gasteiger partial charge in [-0.25, -0.2) is 0 Å². The second-order valence-electron chi connectivity index (χ2n) is 6.80. The second-order valence-corrected chi connectivity index (χ2v) is 7.66. The van der Waals surface area contributed by atoms with Crippen molar-refractivity contribution in [3.8, 4) is 0 Å². The summed E-state index contributed by atoms with van der Waals surface area (Å²) in [6.45, 7) is 2.68. The van der Waals surface area contributed by atoms with Gasteiger partial charge in [0.1, 0.15) is 0 Å². The summed E-state index contributed by atoms with van der Waals surface area (Å²) < 4.78 is 2.84. The molecule has 0 aliphatic carbocycles. The van der Waals surface area contributed by atoms with Crippen molar-refractivity contribution in [3.63, 3.8) is 0 Å². The topological polar surface area (TPSA) is 51.1 Å². The van der Waals surface area contributed by atoms with Gasteiger partial charge in [-0.05, 0) is 59.1 Å². The zero-order valence-corrected chi connectivity index (χ0v) is 16.5. The predicted molar refractivity (Wildman–Crippen MR) is 109 cm³/mol. The third kappa shape index (κ3) is 3.35. The Labute approximate surface area is 166 Å². The highest BCUT2D eigenvalue weighted by Crippen LogP contribution is 2.33. The molecule has 4 rings (SSSR count). The Morgan fingerprint density at radius 1 is 1.07 bits per heavy atom. The lowest BCUT2D eigenvalue weighted by atomic mass is 10.0. The van der Waals surface area contributed by atoms with Crippen LogP contribution in [0.4, 0.5) is 5.69 Å². The molecule has 2 aromatic carbocycles. The molecule has 1 N–H and O–H groups in total. The molecule has 0 fully saturated rings. The number of nitrogens with zero attached hydrogens (tertiary/aromatic N) is 1. The molecule has 1 amide bonds. The maximum atomic E-state index is 12.8. The summed E-state index contributed by atoms with van der Waals surface area (Å²) in [5.41, 5.74) is 4.09. The highest BCUT2D eigenvalue weighted by Gasteiger charge is 2.32. The van der Waals surface area contributed by atoms with E-state index >= 15 is 0 Å². The molecule has 1 atom stereocenters. The number of carbonyl (C=O) groups excluding carboxylic acids is 2. The first kappa shape index (κ1) is 17.7. The number of aryl methyl sites for hydroxylation is 1. The molecule has 2 heterocycles. The minimum atomic E-state index is -0.254. The van der Waals surface area contributed by atoms with Crippen LogP contribution in [0.15, 0.2) is 65.1 Å². The summed E-state index contributed by atoms with van der Waals surface area (Å²) in [7, 11) is 0. The summed E-state index contributed by atoms with van der Waals surface area (Å²) in [5.74, 6) is -0.310. The van der Waals surface area contributed by atoms with Gasteiger partial charge in [0.2, 0.25) is 11.7 Å². The van der Waals surface area contributed by atoms with E-state index in [-0.39, 0.29) is 17.6 Å². The van der Waals surface area contributed by atoms with Crippen LogP contribution in [0.3, 0.4) is 0 Å². The van der Waals surface area contributed by atoms with Crippen LogP contribution in [-0.4, -0.2) is 16.3 Å². The monoisotopic (exact) mass is 422 g/mol. The van der Waals surface area contributed by atoms with Crippen molar-refractivity contribution in [2.24, 2.45) is 0 Å². The average Bonchev–Trinajstić information content (AvgIpc) is 3.26. The number of benzene rings is 2. The predicted octanol–water partition coefficient (Wildman–Crippen LogP) is 4.92. The fourth-order valence-electron chi connectivity index (χ4n) is 3.59. The molecule has 1 aromatic heterocycles. The lowest BCUT2D eigenvalue weighted by Crippen LogP contribution is -2.19. The van der Waals surface area contributed by atoms with Crippen LogP contribution in [0.25, 0.3) is 0 Å². The Kier molecular flexibility index (Phi) is 4.70. The highest BCUT2D eigenvalue weighted by molar-refractivity contribution is 9.10. The third-order valence-corrected chi connectivity index (χ3v) is 5.64. The summed E-state index contributed by atoms with van der Waals surface area (Å²) >= 11 is 3.50. The van der Waals surface area contributed by atoms with Crippen LogP contribution in [-0.2, 0) is 11.3 Å². The van der Waals surface area contributed by atoms with Gasteiger partial charge in [0, 0.05) is 22.3 Å². The first-order valence-electron chi connectivity index (χ1n) is 8.91. The van der Waals surface area contributed by atoms with Crippen molar-refractivity contribution >= 4 is 33.3 Å². The van der Waals surface area contributed by atoms with Crippen molar-refractivity contribution in [2.75, 3.05) is 5.32 Å². The zero-order chi connectivity index (χ0) is 19.0. The van der Waals surface area contributed by atoms with Gasteiger partial charge in [0.05, 0.1) is 17.3 Å². The number of hydrogen-bond acceptors (Lipinski definition) is 2. The number of carbonyl (C=O) groups is 2. The molecule has 0 saturated carbocycles. The van der Waals surface area contributed by atoms with E-state index in [4.69, 9.17) is 0 Å². The summed E-state index contributed by atoms with van der Waals surface area (Å²) in [6.07, 6.45) is 0.695. The number of halogens is 1. The minimum Gasteiger partial charge on any atom is -0.341 e. The molecular formula is C22H19BrN2O2. The zero-order valence-electron chi connectivity index (χ0n) is 14.9. The smallest absolute Gasteiger partial charge is 0.233 e. The van der Waals surface area contributed by atoms with Crippen molar-refractivity contribution in [1.29, 1.82) is 0 Å². The number of fused-ring (bicyclic) bond motifs is 1. The van der Waals surface area contributed by atoms with Gasteiger partial charge in [-0.3, -0.25) is 9.59 Å². The lowest BCUT2D eigenvalue weighted by Gasteiger charge is -2.12. The molecule has 1 aliphatic heterocycles. The van der Waals surface area contributed by atoms with Crippen molar-refractivity contribution in [3.05, 3.63) is 87.7 Å². The number of amides is 1. The highest BCUT2D eigenvalue weighted by atomic mass is 79.9. The van der Waals surface area contributed by atoms with Gasteiger partial charge >= 0.3 is 0 Å². The molecule has 0 bridgehead atoms. The molecule has 0 spiro atoms. The Hall–Kier alpha value is -2.66. The Balaban J connectivity index is 1.57. The Morgan fingerprint density at radius 2 is 1.85 bits per heavy atom. The number of aromatic nitrogens is 1. The minimum absolute atomic E-state index is 0.0100. The molecule has 4 nitrogen and oxygen atoms in total. The molecule has 0 saturated heterocycles. The SMILES string of the molecule is Cc1ccc(NC(=O)[C@H]2CCn3c(C(=O)c4ccccc4)ccc32)c(Br)c1. The first-order valence-corrected chi connectivity index (χ1v) is 9.70. The van der Waals surface area contributed by atoms with Crippen LogP contribution < -0.4 is 5.32 Å².